The zero-order chi connectivity index (χ0) is 25.5. The van der Waals surface area contributed by atoms with Crippen LogP contribution in [0.5, 0.6) is 0 Å². The van der Waals surface area contributed by atoms with E-state index in [1.807, 2.05) is 41.8 Å². The van der Waals surface area contributed by atoms with Gasteiger partial charge in [-0.25, -0.2) is 13.4 Å². The first-order chi connectivity index (χ1) is 17.4. The van der Waals surface area contributed by atoms with Gasteiger partial charge in [0.05, 0.1) is 28.8 Å². The van der Waals surface area contributed by atoms with Gasteiger partial charge in [-0.15, -0.1) is 11.3 Å². The first-order valence-corrected chi connectivity index (χ1v) is 14.8. The second-order valence-corrected chi connectivity index (χ2v) is 11.6. The standard InChI is InChI=1S/C27H33N3O4S2/c1-3-5-16-30-25(20-35-27(30)28-23-11-7-6-8-12-23)22-10-9-13-24(19-22)36(32,33)29-17-14-21(15-18-29)26(31)34-4-2/h6-13,19-21H,3-5,14-18H2,1-2H3. The minimum absolute atomic E-state index is 0.234. The summed E-state index contributed by atoms with van der Waals surface area (Å²) < 4.78 is 35.7. The highest BCUT2D eigenvalue weighted by atomic mass is 32.2. The lowest BCUT2D eigenvalue weighted by atomic mass is 9.98. The van der Waals surface area contributed by atoms with Crippen molar-refractivity contribution < 1.29 is 17.9 Å². The number of thiazole rings is 1. The normalized spacial score (nSPS) is 15.8. The van der Waals surface area contributed by atoms with Crippen LogP contribution in [0.4, 0.5) is 5.69 Å². The molecule has 0 saturated carbocycles. The number of piperidine rings is 1. The summed E-state index contributed by atoms with van der Waals surface area (Å²) in [4.78, 5) is 18.0. The van der Waals surface area contributed by atoms with Crippen LogP contribution in [0.3, 0.4) is 0 Å². The zero-order valence-electron chi connectivity index (χ0n) is 20.8. The Morgan fingerprint density at radius 1 is 1.08 bits per heavy atom. The van der Waals surface area contributed by atoms with Crippen molar-refractivity contribution in [3.8, 4) is 11.3 Å². The Balaban J connectivity index is 1.62. The molecule has 1 fully saturated rings. The number of rotatable bonds is 9. The van der Waals surface area contributed by atoms with Gasteiger partial charge in [0, 0.05) is 30.6 Å². The van der Waals surface area contributed by atoms with Gasteiger partial charge in [-0.05, 0) is 50.5 Å². The molecule has 3 aromatic rings. The maximum atomic E-state index is 13.5. The summed E-state index contributed by atoms with van der Waals surface area (Å²) in [5.74, 6) is -0.472. The first-order valence-electron chi connectivity index (χ1n) is 12.5. The van der Waals surface area contributed by atoms with Crippen molar-refractivity contribution in [3.63, 3.8) is 0 Å². The molecule has 1 aliphatic heterocycles. The number of unbranched alkanes of at least 4 members (excludes halogenated alkanes) is 1. The number of hydrogen-bond acceptors (Lipinski definition) is 6. The number of aromatic nitrogens is 1. The number of esters is 1. The van der Waals surface area contributed by atoms with Crippen molar-refractivity contribution in [1.82, 2.24) is 8.87 Å². The van der Waals surface area contributed by atoms with Crippen molar-refractivity contribution in [2.24, 2.45) is 10.9 Å². The topological polar surface area (TPSA) is 81.0 Å². The molecular formula is C27H33N3O4S2. The molecule has 9 heteroatoms. The molecule has 0 bridgehead atoms. The average Bonchev–Trinajstić information content (AvgIpc) is 3.30. The second kappa shape index (κ2) is 12.0. The minimum atomic E-state index is -3.67. The van der Waals surface area contributed by atoms with E-state index in [2.05, 4.69) is 11.5 Å². The van der Waals surface area contributed by atoms with E-state index in [4.69, 9.17) is 9.73 Å². The molecule has 0 aliphatic carbocycles. The number of carbonyl (C=O) groups is 1. The van der Waals surface area contributed by atoms with Crippen LogP contribution >= 0.6 is 11.3 Å². The summed E-state index contributed by atoms with van der Waals surface area (Å²) in [6, 6.07) is 17.0. The lowest BCUT2D eigenvalue weighted by molar-refractivity contribution is -0.149. The third kappa shape index (κ3) is 5.96. The van der Waals surface area contributed by atoms with E-state index in [1.54, 1.807) is 36.5 Å². The molecule has 0 atom stereocenters. The first kappa shape index (κ1) is 26.3. The third-order valence-corrected chi connectivity index (χ3v) is 9.11. The van der Waals surface area contributed by atoms with Crippen LogP contribution in [0.15, 0.2) is 69.9 Å². The smallest absolute Gasteiger partial charge is 0.309 e. The van der Waals surface area contributed by atoms with E-state index in [-0.39, 0.29) is 16.8 Å². The summed E-state index contributed by atoms with van der Waals surface area (Å²) in [5.41, 5.74) is 2.69. The fraction of sp³-hybridized carbons (Fsp3) is 0.407. The second-order valence-electron chi connectivity index (χ2n) is 8.81. The molecule has 36 heavy (non-hydrogen) atoms. The van der Waals surface area contributed by atoms with Crippen molar-refractivity contribution in [1.29, 1.82) is 0 Å². The number of hydrogen-bond donors (Lipinski definition) is 0. The Bertz CT molecular complexity index is 1340. The summed E-state index contributed by atoms with van der Waals surface area (Å²) >= 11 is 1.56. The summed E-state index contributed by atoms with van der Waals surface area (Å²) in [6.07, 6.45) is 3.00. The Kier molecular flexibility index (Phi) is 8.77. The van der Waals surface area contributed by atoms with Gasteiger partial charge in [-0.2, -0.15) is 4.31 Å². The van der Waals surface area contributed by atoms with E-state index in [0.29, 0.717) is 32.5 Å². The summed E-state index contributed by atoms with van der Waals surface area (Å²) in [5, 5.41) is 2.05. The highest BCUT2D eigenvalue weighted by molar-refractivity contribution is 7.89. The van der Waals surface area contributed by atoms with Crippen molar-refractivity contribution >= 4 is 33.0 Å². The molecule has 0 unspecified atom stereocenters. The van der Waals surface area contributed by atoms with Crippen LogP contribution in [-0.4, -0.2) is 43.0 Å². The number of nitrogens with zero attached hydrogens (tertiary/aromatic N) is 3. The van der Waals surface area contributed by atoms with Crippen LogP contribution in [0, 0.1) is 5.92 Å². The molecule has 2 heterocycles. The van der Waals surface area contributed by atoms with E-state index < -0.39 is 10.0 Å². The maximum absolute atomic E-state index is 13.5. The van der Waals surface area contributed by atoms with Crippen LogP contribution < -0.4 is 4.80 Å². The van der Waals surface area contributed by atoms with Crippen LogP contribution in [0.25, 0.3) is 11.3 Å². The number of sulfonamides is 1. The lowest BCUT2D eigenvalue weighted by Crippen LogP contribution is -2.40. The van der Waals surface area contributed by atoms with Crippen molar-refractivity contribution in [2.45, 2.75) is 51.0 Å². The van der Waals surface area contributed by atoms with E-state index >= 15 is 0 Å². The largest absolute Gasteiger partial charge is 0.466 e. The monoisotopic (exact) mass is 527 g/mol. The predicted molar refractivity (Wildman–Crippen MR) is 142 cm³/mol. The number of ether oxygens (including phenoxy) is 1. The molecule has 0 amide bonds. The Labute approximate surface area is 217 Å². The highest BCUT2D eigenvalue weighted by Gasteiger charge is 2.32. The van der Waals surface area contributed by atoms with Gasteiger partial charge in [0.1, 0.15) is 0 Å². The van der Waals surface area contributed by atoms with Gasteiger partial charge >= 0.3 is 5.97 Å². The molecular weight excluding hydrogens is 494 g/mol. The van der Waals surface area contributed by atoms with Gasteiger partial charge < -0.3 is 9.30 Å². The predicted octanol–water partition coefficient (Wildman–Crippen LogP) is 5.21. The van der Waals surface area contributed by atoms with Crippen molar-refractivity contribution in [3.05, 3.63) is 64.8 Å². The maximum Gasteiger partial charge on any atom is 0.309 e. The van der Waals surface area contributed by atoms with Gasteiger partial charge in [-0.1, -0.05) is 43.7 Å². The highest BCUT2D eigenvalue weighted by Crippen LogP contribution is 2.28. The molecule has 7 nitrogen and oxygen atoms in total. The Hall–Kier alpha value is -2.75. The summed E-state index contributed by atoms with van der Waals surface area (Å²) in [6.45, 7) is 5.70. The molecule has 0 spiro atoms. The lowest BCUT2D eigenvalue weighted by Gasteiger charge is -2.30. The third-order valence-electron chi connectivity index (χ3n) is 6.36. The SMILES string of the molecule is CCCCn1c(-c2cccc(S(=O)(=O)N3CCC(C(=O)OCC)CC3)c2)csc1=Nc1ccccc1. The van der Waals surface area contributed by atoms with E-state index in [9.17, 15) is 13.2 Å². The zero-order valence-corrected chi connectivity index (χ0v) is 22.4. The van der Waals surface area contributed by atoms with Gasteiger partial charge in [0.2, 0.25) is 10.0 Å². The molecule has 1 saturated heterocycles. The van der Waals surface area contributed by atoms with Gasteiger partial charge in [0.25, 0.3) is 0 Å². The molecule has 0 radical (unpaired) electrons. The fourth-order valence-corrected chi connectivity index (χ4v) is 6.82. The van der Waals surface area contributed by atoms with Crippen molar-refractivity contribution in [2.75, 3.05) is 19.7 Å². The molecule has 2 aromatic carbocycles. The quantitative estimate of drug-likeness (QED) is 0.358. The number of para-hydroxylation sites is 1. The number of benzene rings is 2. The van der Waals surface area contributed by atoms with Crippen LogP contribution in [0.1, 0.15) is 39.5 Å². The van der Waals surface area contributed by atoms with Gasteiger partial charge in [-0.3, -0.25) is 4.79 Å². The average molecular weight is 528 g/mol. The molecule has 192 valence electrons. The summed E-state index contributed by atoms with van der Waals surface area (Å²) in [7, 11) is -3.67. The fourth-order valence-electron chi connectivity index (χ4n) is 4.35. The van der Waals surface area contributed by atoms with Crippen LogP contribution in [0.2, 0.25) is 0 Å². The van der Waals surface area contributed by atoms with E-state index in [0.717, 1.165) is 41.1 Å². The number of carbonyl (C=O) groups excluding carboxylic acids is 1. The van der Waals surface area contributed by atoms with E-state index in [1.165, 1.54) is 4.31 Å². The van der Waals surface area contributed by atoms with Gasteiger partial charge in [0.15, 0.2) is 4.80 Å². The Morgan fingerprint density at radius 2 is 1.83 bits per heavy atom. The molecule has 4 rings (SSSR count). The van der Waals surface area contributed by atoms with Crippen LogP contribution in [-0.2, 0) is 26.1 Å². The molecule has 1 aliphatic rings. The Morgan fingerprint density at radius 3 is 2.53 bits per heavy atom. The molecule has 0 N–H and O–H groups in total. The molecule has 1 aromatic heterocycles. The minimum Gasteiger partial charge on any atom is -0.466 e.